The van der Waals surface area contributed by atoms with Crippen molar-refractivity contribution in [2.45, 2.75) is 17.4 Å². The highest BCUT2D eigenvalue weighted by Crippen LogP contribution is 2.32. The predicted octanol–water partition coefficient (Wildman–Crippen LogP) is 3.75. The molecule has 3 N–H and O–H groups in total. The molecule has 0 saturated heterocycles. The highest BCUT2D eigenvalue weighted by Gasteiger charge is 2.67. The molecule has 0 aliphatic heterocycles. The second-order valence-electron chi connectivity index (χ2n) is 3.33. The van der Waals surface area contributed by atoms with Crippen molar-refractivity contribution in [3.63, 3.8) is 0 Å². The van der Waals surface area contributed by atoms with Gasteiger partial charge in [0.05, 0.1) is 0 Å². The summed E-state index contributed by atoms with van der Waals surface area (Å²) < 4.78 is 190. The van der Waals surface area contributed by atoms with Gasteiger partial charge in [-0.25, -0.2) is 37.0 Å². The highest BCUT2D eigenvalue weighted by molar-refractivity contribution is 6.61. The molecule has 0 bridgehead atoms. The van der Waals surface area contributed by atoms with E-state index in [-0.39, 0.29) is 0 Å². The summed E-state index contributed by atoms with van der Waals surface area (Å²) in [4.78, 5) is 0. The van der Waals surface area contributed by atoms with Crippen LogP contribution in [0.5, 0.6) is 0 Å². The van der Waals surface area contributed by atoms with E-state index in [1.54, 1.807) is 0 Å². The lowest BCUT2D eigenvalue weighted by Gasteiger charge is -2.04. The van der Waals surface area contributed by atoms with Crippen LogP contribution in [-0.2, 0) is 0 Å². The number of halogens is 18. The van der Waals surface area contributed by atoms with Gasteiger partial charge >= 0.3 is 51.9 Å². The molecule has 0 radical (unpaired) electrons. The summed E-state index contributed by atoms with van der Waals surface area (Å²) in [6, 6.07) is 0. The molecule has 0 aromatic rings. The molecule has 0 aromatic carbocycles. The Kier molecular flexibility index (Phi) is 14.3. The van der Waals surface area contributed by atoms with Crippen LogP contribution in [0.25, 0.3) is 0 Å². The van der Waals surface area contributed by atoms with Crippen molar-refractivity contribution in [2.75, 3.05) is 0 Å². The molecule has 0 fully saturated rings. The summed E-state index contributed by atoms with van der Waals surface area (Å²) in [7, 11) is -24.2. The molecule has 0 amide bonds. The van der Waals surface area contributed by atoms with Crippen molar-refractivity contribution in [3.05, 3.63) is 0 Å². The average Bonchev–Trinajstić information content (AvgIpc) is 2.20. The van der Waals surface area contributed by atoms with Crippen LogP contribution in [0, 0.1) is 0 Å². The van der Waals surface area contributed by atoms with E-state index in [1.165, 1.54) is 0 Å². The standard InChI is InChI=1S/3CF6Si.BH3O3/c3*2-1(3,4)8(5,6)7;2-1(3)4/h;;;2-4H. The molecule has 0 unspecified atom stereocenters. The monoisotopic (exact) mass is 524 g/mol. The Labute approximate surface area is 144 Å². The summed E-state index contributed by atoms with van der Waals surface area (Å²) in [5.74, 6) is -17.8. The van der Waals surface area contributed by atoms with E-state index in [2.05, 4.69) is 0 Å². The lowest BCUT2D eigenvalue weighted by molar-refractivity contribution is -0.0841. The summed E-state index contributed by atoms with van der Waals surface area (Å²) in [5.41, 5.74) is 0. The van der Waals surface area contributed by atoms with Crippen molar-refractivity contribution >= 4 is 34.5 Å². The van der Waals surface area contributed by atoms with E-state index in [4.69, 9.17) is 15.1 Å². The molecule has 3 nitrogen and oxygen atoms in total. The molecule has 0 aliphatic carbocycles. The molecule has 174 valence electrons. The first-order valence-corrected chi connectivity index (χ1v) is 9.83. The van der Waals surface area contributed by atoms with Gasteiger partial charge in [0.1, 0.15) is 0 Å². The Morgan fingerprint density at radius 1 is 0.393 bits per heavy atom. The molecule has 0 spiro atoms. The van der Waals surface area contributed by atoms with Gasteiger partial charge in [-0.15, -0.1) is 0 Å². The molecule has 0 saturated carbocycles. The lowest BCUT2D eigenvalue weighted by Crippen LogP contribution is -2.37. The van der Waals surface area contributed by atoms with Gasteiger partial charge in [0.2, 0.25) is 0 Å². The fraction of sp³-hybridized carbons (Fsp3) is 1.00. The first-order valence-electron chi connectivity index (χ1n) is 4.93. The zero-order valence-electron chi connectivity index (χ0n) is 11.7. The Morgan fingerprint density at radius 2 is 0.429 bits per heavy atom. The van der Waals surface area contributed by atoms with Gasteiger partial charge in [-0.2, -0.15) is 39.5 Å². The minimum absolute atomic E-state index is 2.17. The van der Waals surface area contributed by atoms with Crippen LogP contribution in [0.4, 0.5) is 76.5 Å². The minimum atomic E-state index is -7.36. The number of alkyl halides is 9. The van der Waals surface area contributed by atoms with Gasteiger partial charge in [-0.05, 0) is 0 Å². The van der Waals surface area contributed by atoms with Crippen LogP contribution in [0.3, 0.4) is 0 Å². The van der Waals surface area contributed by atoms with Crippen LogP contribution in [0.1, 0.15) is 0 Å². The van der Waals surface area contributed by atoms with Crippen molar-refractivity contribution in [1.29, 1.82) is 0 Å². The van der Waals surface area contributed by atoms with Crippen molar-refractivity contribution in [1.82, 2.24) is 0 Å². The fourth-order valence-electron chi connectivity index (χ4n) is 0. The van der Waals surface area contributed by atoms with E-state index < -0.39 is 51.9 Å². The third kappa shape index (κ3) is 21.6. The maximum Gasteiger partial charge on any atom is 0.728 e. The molecule has 0 heterocycles. The Hall–Kier alpha value is -0.664. The summed E-state index contributed by atoms with van der Waals surface area (Å²) >= 11 is 0. The summed E-state index contributed by atoms with van der Waals surface area (Å²) in [6.07, 6.45) is 0. The van der Waals surface area contributed by atoms with Gasteiger partial charge < -0.3 is 15.1 Å². The predicted molar refractivity (Wildman–Crippen MR) is 57.8 cm³/mol. The number of rotatable bonds is 0. The second kappa shape index (κ2) is 11.5. The zero-order valence-corrected chi connectivity index (χ0v) is 14.7. The molecule has 0 aliphatic rings. The number of hydrogen-bond acceptors (Lipinski definition) is 3. The molecule has 25 heteroatoms. The van der Waals surface area contributed by atoms with E-state index in [0.29, 0.717) is 0 Å². The lowest BCUT2D eigenvalue weighted by atomic mass is 10.3. The maximum atomic E-state index is 10.6. The highest BCUT2D eigenvalue weighted by atomic mass is 28.5. The third-order valence-corrected chi connectivity index (χ3v) is 2.89. The van der Waals surface area contributed by atoms with E-state index in [1.807, 2.05) is 0 Å². The molecular formula is C3H3BF18O3Si3. The molecular weight excluding hydrogens is 521 g/mol. The number of hydrogen-bond donors (Lipinski definition) is 3. The van der Waals surface area contributed by atoms with Crippen LogP contribution in [0.15, 0.2) is 0 Å². The Balaban J connectivity index is -0.000000141. The van der Waals surface area contributed by atoms with E-state index >= 15 is 0 Å². The first kappa shape index (κ1) is 34.8. The zero-order chi connectivity index (χ0) is 24.6. The molecule has 0 atom stereocenters. The average molecular weight is 524 g/mol. The SMILES string of the molecule is FC(F)(F)[Si](F)(F)F.FC(F)(F)[Si](F)(F)F.FC(F)(F)[Si](F)(F)F.OB(O)O. The summed E-state index contributed by atoms with van der Waals surface area (Å²) in [5, 5.41) is 21.5. The van der Waals surface area contributed by atoms with Gasteiger partial charge in [0, 0.05) is 0 Å². The second-order valence-corrected chi connectivity index (χ2v) is 8.02. The molecule has 0 aromatic heterocycles. The van der Waals surface area contributed by atoms with Gasteiger partial charge in [-0.1, -0.05) is 0 Å². The van der Waals surface area contributed by atoms with Crippen molar-refractivity contribution in [3.8, 4) is 0 Å². The van der Waals surface area contributed by atoms with Crippen LogP contribution < -0.4 is 0 Å². The molecule has 0 rings (SSSR count). The largest absolute Gasteiger partial charge is 0.728 e. The first-order chi connectivity index (χ1) is 11.5. The Morgan fingerprint density at radius 3 is 0.429 bits per heavy atom. The minimum Gasteiger partial charge on any atom is -0.402 e. The normalized spacial score (nSPS) is 13.2. The fourth-order valence-corrected chi connectivity index (χ4v) is 0. The van der Waals surface area contributed by atoms with Gasteiger partial charge in [-0.3, -0.25) is 0 Å². The van der Waals surface area contributed by atoms with Crippen LogP contribution in [0.2, 0.25) is 0 Å². The smallest absolute Gasteiger partial charge is 0.402 e. The quantitative estimate of drug-likeness (QED) is 0.257. The van der Waals surface area contributed by atoms with E-state index in [0.717, 1.165) is 0 Å². The van der Waals surface area contributed by atoms with Gasteiger partial charge in [0.25, 0.3) is 0 Å². The van der Waals surface area contributed by atoms with Crippen molar-refractivity contribution in [2.24, 2.45) is 0 Å². The van der Waals surface area contributed by atoms with Crippen molar-refractivity contribution < 1.29 is 91.6 Å². The topological polar surface area (TPSA) is 60.7 Å². The maximum absolute atomic E-state index is 10.6. The van der Waals surface area contributed by atoms with Crippen LogP contribution >= 0.6 is 0 Å². The van der Waals surface area contributed by atoms with E-state index in [9.17, 15) is 76.5 Å². The third-order valence-electron chi connectivity index (χ3n) is 0.964. The Bertz CT molecular complexity index is 303. The summed E-state index contributed by atoms with van der Waals surface area (Å²) in [6.45, 7) is 0. The molecule has 28 heavy (non-hydrogen) atoms. The van der Waals surface area contributed by atoms with Crippen LogP contribution in [-0.4, -0.2) is 67.0 Å². The van der Waals surface area contributed by atoms with Gasteiger partial charge in [0.15, 0.2) is 0 Å².